The molecule has 114 valence electrons. The minimum atomic E-state index is -0.171. The molecule has 1 N–H and O–H groups in total. The first kappa shape index (κ1) is 15.9. The highest BCUT2D eigenvalue weighted by Crippen LogP contribution is 2.24. The van der Waals surface area contributed by atoms with Crippen LogP contribution in [0, 0.1) is 5.92 Å². The zero-order valence-corrected chi connectivity index (χ0v) is 13.5. The van der Waals surface area contributed by atoms with Crippen LogP contribution in [0.5, 0.6) is 0 Å². The summed E-state index contributed by atoms with van der Waals surface area (Å²) < 4.78 is 5.58. The van der Waals surface area contributed by atoms with E-state index in [9.17, 15) is 5.11 Å². The Kier molecular flexibility index (Phi) is 5.96. The van der Waals surface area contributed by atoms with Gasteiger partial charge in [-0.3, -0.25) is 4.90 Å². The summed E-state index contributed by atoms with van der Waals surface area (Å²) in [5.41, 5.74) is 1.15. The summed E-state index contributed by atoms with van der Waals surface area (Å²) in [6.45, 7) is 9.73. The number of rotatable bonds is 6. The van der Waals surface area contributed by atoms with Crippen molar-refractivity contribution in [3.63, 3.8) is 0 Å². The molecule has 1 aromatic heterocycles. The second-order valence-electron chi connectivity index (χ2n) is 5.63. The van der Waals surface area contributed by atoms with Gasteiger partial charge in [0, 0.05) is 18.5 Å². The molecule has 1 aromatic rings. The summed E-state index contributed by atoms with van der Waals surface area (Å²) >= 11 is 1.69. The lowest BCUT2D eigenvalue weighted by Crippen LogP contribution is -2.36. The number of piperidine rings is 1. The Hall–Kier alpha value is -0.490. The van der Waals surface area contributed by atoms with E-state index in [4.69, 9.17) is 4.74 Å². The number of aromatic nitrogens is 1. The lowest BCUT2D eigenvalue weighted by atomic mass is 9.92. The van der Waals surface area contributed by atoms with Crippen LogP contribution in [0.4, 0.5) is 0 Å². The summed E-state index contributed by atoms with van der Waals surface area (Å²) in [6, 6.07) is 0. The monoisotopic (exact) mass is 298 g/mol. The molecule has 0 spiro atoms. The fraction of sp³-hybridized carbons (Fsp3) is 0.800. The van der Waals surface area contributed by atoms with Gasteiger partial charge in [-0.15, -0.1) is 11.3 Å². The molecule has 0 radical (unpaired) electrons. The molecule has 4 nitrogen and oxygen atoms in total. The fourth-order valence-corrected chi connectivity index (χ4v) is 3.54. The van der Waals surface area contributed by atoms with Gasteiger partial charge >= 0.3 is 0 Å². The van der Waals surface area contributed by atoms with Crippen LogP contribution in [0.25, 0.3) is 0 Å². The van der Waals surface area contributed by atoms with E-state index in [-0.39, 0.29) is 12.2 Å². The molecule has 20 heavy (non-hydrogen) atoms. The Labute approximate surface area is 125 Å². The normalized spacial score (nSPS) is 21.0. The van der Waals surface area contributed by atoms with E-state index in [1.54, 1.807) is 11.3 Å². The second-order valence-corrected chi connectivity index (χ2v) is 6.52. The molecule has 1 aliphatic rings. The van der Waals surface area contributed by atoms with Crippen molar-refractivity contribution in [2.24, 2.45) is 5.92 Å². The van der Waals surface area contributed by atoms with Crippen molar-refractivity contribution in [2.75, 3.05) is 19.7 Å². The minimum absolute atomic E-state index is 0.0970. The molecule has 0 aliphatic carbocycles. The molecular formula is C15H26N2O2S. The van der Waals surface area contributed by atoms with Crippen LogP contribution in [0.15, 0.2) is 5.38 Å². The van der Waals surface area contributed by atoms with Gasteiger partial charge in [0.05, 0.1) is 11.8 Å². The topological polar surface area (TPSA) is 45.6 Å². The SMILES string of the molecule is CCOC(C)c1nc(CN2CCC(C(C)O)CC2)cs1. The average molecular weight is 298 g/mol. The van der Waals surface area contributed by atoms with Crippen LogP contribution < -0.4 is 0 Å². The maximum atomic E-state index is 9.62. The molecule has 0 bridgehead atoms. The highest BCUT2D eigenvalue weighted by atomic mass is 32.1. The van der Waals surface area contributed by atoms with Crippen molar-refractivity contribution in [3.8, 4) is 0 Å². The zero-order valence-electron chi connectivity index (χ0n) is 12.7. The summed E-state index contributed by atoms with van der Waals surface area (Å²) in [5, 5.41) is 12.8. The second kappa shape index (κ2) is 7.50. The van der Waals surface area contributed by atoms with Crippen LogP contribution in [0.2, 0.25) is 0 Å². The van der Waals surface area contributed by atoms with Crippen LogP contribution in [0.3, 0.4) is 0 Å². The van der Waals surface area contributed by atoms with Crippen LogP contribution in [-0.4, -0.2) is 40.8 Å². The fourth-order valence-electron chi connectivity index (χ4n) is 2.73. The summed E-state index contributed by atoms with van der Waals surface area (Å²) in [4.78, 5) is 7.11. The van der Waals surface area contributed by atoms with E-state index >= 15 is 0 Å². The Morgan fingerprint density at radius 3 is 2.75 bits per heavy atom. The predicted molar refractivity (Wildman–Crippen MR) is 81.8 cm³/mol. The maximum Gasteiger partial charge on any atom is 0.122 e. The average Bonchev–Trinajstić information content (AvgIpc) is 2.88. The number of hydrogen-bond acceptors (Lipinski definition) is 5. The van der Waals surface area contributed by atoms with Crippen LogP contribution in [-0.2, 0) is 11.3 Å². The Bertz CT molecular complexity index is 400. The van der Waals surface area contributed by atoms with Crippen molar-refractivity contribution < 1.29 is 9.84 Å². The van der Waals surface area contributed by atoms with Crippen molar-refractivity contribution in [1.82, 2.24) is 9.88 Å². The largest absolute Gasteiger partial charge is 0.393 e. The Morgan fingerprint density at radius 2 is 2.15 bits per heavy atom. The highest BCUT2D eigenvalue weighted by molar-refractivity contribution is 7.09. The Balaban J connectivity index is 1.83. The lowest BCUT2D eigenvalue weighted by Gasteiger charge is -2.32. The van der Waals surface area contributed by atoms with E-state index in [1.807, 2.05) is 13.8 Å². The third-order valence-electron chi connectivity index (χ3n) is 4.03. The number of aliphatic hydroxyl groups is 1. The van der Waals surface area contributed by atoms with Gasteiger partial charge in [0.15, 0.2) is 0 Å². The molecule has 2 atom stereocenters. The molecular weight excluding hydrogens is 272 g/mol. The van der Waals surface area contributed by atoms with Crippen LogP contribution in [0.1, 0.15) is 50.4 Å². The van der Waals surface area contributed by atoms with Gasteiger partial charge in [-0.05, 0) is 52.6 Å². The summed E-state index contributed by atoms with van der Waals surface area (Å²) in [6.07, 6.45) is 2.10. The number of nitrogens with zero attached hydrogens (tertiary/aromatic N) is 2. The van der Waals surface area contributed by atoms with Crippen LogP contribution >= 0.6 is 11.3 Å². The number of likely N-dealkylation sites (tertiary alicyclic amines) is 1. The molecule has 5 heteroatoms. The zero-order chi connectivity index (χ0) is 14.5. The third-order valence-corrected chi connectivity index (χ3v) is 5.09. The van der Waals surface area contributed by atoms with E-state index in [0.717, 1.165) is 49.8 Å². The molecule has 2 rings (SSSR count). The van der Waals surface area contributed by atoms with Gasteiger partial charge in [-0.1, -0.05) is 0 Å². The first-order chi connectivity index (χ1) is 9.60. The number of aliphatic hydroxyl groups excluding tert-OH is 1. The van der Waals surface area contributed by atoms with Gasteiger partial charge < -0.3 is 9.84 Å². The summed E-state index contributed by atoms with van der Waals surface area (Å²) in [5.74, 6) is 0.468. The van der Waals surface area contributed by atoms with E-state index in [1.165, 1.54) is 0 Å². The minimum Gasteiger partial charge on any atom is -0.393 e. The standard InChI is InChI=1S/C15H26N2O2S/c1-4-19-12(3)15-16-14(10-20-15)9-17-7-5-13(6-8-17)11(2)18/h10-13,18H,4-9H2,1-3H3. The number of hydrogen-bond donors (Lipinski definition) is 1. The molecule has 1 saturated heterocycles. The third kappa shape index (κ3) is 4.25. The van der Waals surface area contributed by atoms with Crippen molar-refractivity contribution in [1.29, 1.82) is 0 Å². The molecule has 1 fully saturated rings. The quantitative estimate of drug-likeness (QED) is 0.877. The maximum absolute atomic E-state index is 9.62. The number of thiazole rings is 1. The molecule has 2 heterocycles. The Morgan fingerprint density at radius 1 is 1.45 bits per heavy atom. The van der Waals surface area contributed by atoms with E-state index < -0.39 is 0 Å². The lowest BCUT2D eigenvalue weighted by molar-refractivity contribution is 0.0684. The first-order valence-corrected chi connectivity index (χ1v) is 8.44. The van der Waals surface area contributed by atoms with Gasteiger partial charge in [0.2, 0.25) is 0 Å². The molecule has 0 aromatic carbocycles. The molecule has 0 amide bonds. The van der Waals surface area contributed by atoms with Gasteiger partial charge in [0.1, 0.15) is 11.1 Å². The molecule has 1 aliphatic heterocycles. The smallest absolute Gasteiger partial charge is 0.122 e. The predicted octanol–water partition coefficient (Wildman–Crippen LogP) is 2.83. The van der Waals surface area contributed by atoms with E-state index in [0.29, 0.717) is 5.92 Å². The van der Waals surface area contributed by atoms with Crippen molar-refractivity contribution in [3.05, 3.63) is 16.1 Å². The van der Waals surface area contributed by atoms with E-state index in [2.05, 4.69) is 22.2 Å². The molecule has 2 unspecified atom stereocenters. The highest BCUT2D eigenvalue weighted by Gasteiger charge is 2.23. The first-order valence-electron chi connectivity index (χ1n) is 7.56. The van der Waals surface area contributed by atoms with Crippen molar-refractivity contribution >= 4 is 11.3 Å². The van der Waals surface area contributed by atoms with Crippen molar-refractivity contribution in [2.45, 2.75) is 52.4 Å². The van der Waals surface area contributed by atoms with Gasteiger partial charge in [-0.2, -0.15) is 0 Å². The molecule has 0 saturated carbocycles. The van der Waals surface area contributed by atoms with Gasteiger partial charge in [0.25, 0.3) is 0 Å². The number of ether oxygens (including phenoxy) is 1. The van der Waals surface area contributed by atoms with Gasteiger partial charge in [-0.25, -0.2) is 4.98 Å². The summed E-state index contributed by atoms with van der Waals surface area (Å²) in [7, 11) is 0.